The molecule has 1 saturated carbocycles. The van der Waals surface area contributed by atoms with Crippen molar-refractivity contribution in [1.82, 2.24) is 5.32 Å². The second-order valence-electron chi connectivity index (χ2n) is 3.84. The average molecular weight is 197 g/mol. The van der Waals surface area contributed by atoms with Gasteiger partial charge in [0.1, 0.15) is 0 Å². The van der Waals surface area contributed by atoms with Crippen molar-refractivity contribution >= 4 is 0 Å². The maximum atomic E-state index is 12.9. The highest BCUT2D eigenvalue weighted by atomic mass is 19.2. The molecule has 1 N–H and O–H groups in total. The van der Waals surface area contributed by atoms with Crippen LogP contribution in [-0.2, 0) is 0 Å². The van der Waals surface area contributed by atoms with Crippen LogP contribution in [0, 0.1) is 11.6 Å². The van der Waals surface area contributed by atoms with Crippen LogP contribution in [-0.4, -0.2) is 6.04 Å². The zero-order valence-electron chi connectivity index (χ0n) is 8.06. The van der Waals surface area contributed by atoms with Gasteiger partial charge in [0.2, 0.25) is 0 Å². The Balaban J connectivity index is 2.10. The lowest BCUT2D eigenvalue weighted by Crippen LogP contribution is -2.20. The fraction of sp³-hybridized carbons (Fsp3) is 0.455. The fourth-order valence-electron chi connectivity index (χ4n) is 1.48. The van der Waals surface area contributed by atoms with Crippen molar-refractivity contribution in [2.24, 2.45) is 0 Å². The third-order valence-corrected chi connectivity index (χ3v) is 2.51. The molecule has 1 atom stereocenters. The number of hydrogen-bond acceptors (Lipinski definition) is 1. The van der Waals surface area contributed by atoms with E-state index in [1.165, 1.54) is 25.0 Å². The Bertz CT molecular complexity index is 334. The molecule has 1 aromatic carbocycles. The molecule has 0 heterocycles. The highest BCUT2D eigenvalue weighted by Crippen LogP contribution is 2.24. The van der Waals surface area contributed by atoms with E-state index in [0.717, 1.165) is 5.56 Å². The molecule has 0 aliphatic heterocycles. The summed E-state index contributed by atoms with van der Waals surface area (Å²) in [6.45, 7) is 1.96. The number of halogens is 2. The van der Waals surface area contributed by atoms with Gasteiger partial charge < -0.3 is 5.32 Å². The molecule has 0 bridgehead atoms. The summed E-state index contributed by atoms with van der Waals surface area (Å²) in [5.74, 6) is -1.56. The minimum Gasteiger partial charge on any atom is -0.307 e. The lowest BCUT2D eigenvalue weighted by atomic mass is 10.1. The van der Waals surface area contributed by atoms with Gasteiger partial charge in [0.05, 0.1) is 0 Å². The first-order valence-corrected chi connectivity index (χ1v) is 4.88. The summed E-state index contributed by atoms with van der Waals surface area (Å²) in [7, 11) is 0. The van der Waals surface area contributed by atoms with Gasteiger partial charge in [0.15, 0.2) is 11.6 Å². The van der Waals surface area contributed by atoms with E-state index in [9.17, 15) is 8.78 Å². The number of rotatable bonds is 3. The monoisotopic (exact) mass is 197 g/mol. The Morgan fingerprint density at radius 2 is 2.00 bits per heavy atom. The second-order valence-corrected chi connectivity index (χ2v) is 3.84. The molecule has 0 amide bonds. The Kier molecular flexibility index (Phi) is 2.50. The van der Waals surface area contributed by atoms with Crippen molar-refractivity contribution in [2.45, 2.75) is 31.8 Å². The van der Waals surface area contributed by atoms with Crippen LogP contribution in [0.3, 0.4) is 0 Å². The predicted molar refractivity (Wildman–Crippen MR) is 50.9 cm³/mol. The molecule has 0 aromatic heterocycles. The molecular formula is C11H13F2N. The summed E-state index contributed by atoms with van der Waals surface area (Å²) in [5.41, 5.74) is 0.802. The summed E-state index contributed by atoms with van der Waals surface area (Å²) < 4.78 is 25.5. The van der Waals surface area contributed by atoms with E-state index >= 15 is 0 Å². The van der Waals surface area contributed by atoms with Crippen molar-refractivity contribution in [3.05, 3.63) is 35.4 Å². The SMILES string of the molecule is C[C@@H](NC1CC1)c1ccc(F)c(F)c1. The zero-order chi connectivity index (χ0) is 10.1. The van der Waals surface area contributed by atoms with Gasteiger partial charge in [-0.2, -0.15) is 0 Å². The molecule has 0 radical (unpaired) electrons. The molecule has 0 unspecified atom stereocenters. The summed E-state index contributed by atoms with van der Waals surface area (Å²) in [4.78, 5) is 0. The van der Waals surface area contributed by atoms with E-state index in [-0.39, 0.29) is 6.04 Å². The van der Waals surface area contributed by atoms with Crippen molar-refractivity contribution in [3.8, 4) is 0 Å². The van der Waals surface area contributed by atoms with Gasteiger partial charge in [-0.05, 0) is 37.5 Å². The molecule has 1 fully saturated rings. The second kappa shape index (κ2) is 3.65. The third-order valence-electron chi connectivity index (χ3n) is 2.51. The molecule has 14 heavy (non-hydrogen) atoms. The highest BCUT2D eigenvalue weighted by Gasteiger charge is 2.23. The molecule has 1 aromatic rings. The Morgan fingerprint density at radius 3 is 2.57 bits per heavy atom. The lowest BCUT2D eigenvalue weighted by Gasteiger charge is -2.13. The molecule has 3 heteroatoms. The third kappa shape index (κ3) is 2.10. The summed E-state index contributed by atoms with van der Waals surface area (Å²) in [6, 6.07) is 4.72. The van der Waals surface area contributed by atoms with Gasteiger partial charge >= 0.3 is 0 Å². The van der Waals surface area contributed by atoms with Crippen molar-refractivity contribution in [3.63, 3.8) is 0 Å². The quantitative estimate of drug-likeness (QED) is 0.785. The molecule has 76 valence electrons. The van der Waals surface area contributed by atoms with Gasteiger partial charge in [-0.3, -0.25) is 0 Å². The maximum Gasteiger partial charge on any atom is 0.159 e. The van der Waals surface area contributed by atoms with E-state index < -0.39 is 11.6 Å². The van der Waals surface area contributed by atoms with Gasteiger partial charge in [0, 0.05) is 12.1 Å². The largest absolute Gasteiger partial charge is 0.307 e. The minimum atomic E-state index is -0.785. The standard InChI is InChI=1S/C11H13F2N/c1-7(14-9-3-4-9)8-2-5-10(12)11(13)6-8/h2,5-7,9,14H,3-4H2,1H3/t7-/m1/s1. The molecular weight excluding hydrogens is 184 g/mol. The van der Waals surface area contributed by atoms with Crippen molar-refractivity contribution in [1.29, 1.82) is 0 Å². The van der Waals surface area contributed by atoms with Gasteiger partial charge in [-0.25, -0.2) is 8.78 Å². The molecule has 1 aliphatic carbocycles. The van der Waals surface area contributed by atoms with E-state index in [2.05, 4.69) is 5.32 Å². The predicted octanol–water partition coefficient (Wildman–Crippen LogP) is 2.78. The fourth-order valence-corrected chi connectivity index (χ4v) is 1.48. The lowest BCUT2D eigenvalue weighted by molar-refractivity contribution is 0.500. The zero-order valence-corrected chi connectivity index (χ0v) is 8.06. The summed E-state index contributed by atoms with van der Waals surface area (Å²) >= 11 is 0. The first-order valence-electron chi connectivity index (χ1n) is 4.88. The number of benzene rings is 1. The normalized spacial score (nSPS) is 18.2. The van der Waals surface area contributed by atoms with Crippen LogP contribution in [0.1, 0.15) is 31.4 Å². The Hall–Kier alpha value is -0.960. The van der Waals surface area contributed by atoms with Crippen molar-refractivity contribution in [2.75, 3.05) is 0 Å². The molecule has 2 rings (SSSR count). The van der Waals surface area contributed by atoms with Crippen LogP contribution in [0.15, 0.2) is 18.2 Å². The maximum absolute atomic E-state index is 12.9. The van der Waals surface area contributed by atoms with E-state index in [1.54, 1.807) is 6.07 Å². The van der Waals surface area contributed by atoms with Crippen molar-refractivity contribution < 1.29 is 8.78 Å². The van der Waals surface area contributed by atoms with Gasteiger partial charge in [-0.1, -0.05) is 6.07 Å². The van der Waals surface area contributed by atoms with Crippen LogP contribution in [0.2, 0.25) is 0 Å². The molecule has 1 nitrogen and oxygen atoms in total. The Morgan fingerprint density at radius 1 is 1.29 bits per heavy atom. The van der Waals surface area contributed by atoms with Crippen LogP contribution in [0.5, 0.6) is 0 Å². The van der Waals surface area contributed by atoms with Crippen LogP contribution < -0.4 is 5.32 Å². The van der Waals surface area contributed by atoms with E-state index in [1.807, 2.05) is 6.92 Å². The highest BCUT2D eigenvalue weighted by molar-refractivity contribution is 5.21. The minimum absolute atomic E-state index is 0.0950. The number of hydrogen-bond donors (Lipinski definition) is 1. The first-order chi connectivity index (χ1) is 6.66. The van der Waals surface area contributed by atoms with Crippen LogP contribution in [0.25, 0.3) is 0 Å². The smallest absolute Gasteiger partial charge is 0.159 e. The van der Waals surface area contributed by atoms with Gasteiger partial charge in [-0.15, -0.1) is 0 Å². The molecule has 0 saturated heterocycles. The summed E-state index contributed by atoms with van der Waals surface area (Å²) in [6.07, 6.45) is 2.38. The van der Waals surface area contributed by atoms with Crippen LogP contribution >= 0.6 is 0 Å². The number of nitrogens with one attached hydrogen (secondary N) is 1. The first kappa shape index (κ1) is 9.59. The topological polar surface area (TPSA) is 12.0 Å². The van der Waals surface area contributed by atoms with E-state index in [4.69, 9.17) is 0 Å². The average Bonchev–Trinajstić information content (AvgIpc) is 2.93. The van der Waals surface area contributed by atoms with Gasteiger partial charge in [0.25, 0.3) is 0 Å². The Labute approximate surface area is 82.1 Å². The molecule has 0 spiro atoms. The van der Waals surface area contributed by atoms with E-state index in [0.29, 0.717) is 6.04 Å². The summed E-state index contributed by atoms with van der Waals surface area (Å²) in [5, 5.41) is 3.33. The molecule has 1 aliphatic rings. The van der Waals surface area contributed by atoms with Crippen LogP contribution in [0.4, 0.5) is 8.78 Å².